The van der Waals surface area contributed by atoms with Crippen molar-refractivity contribution in [2.45, 2.75) is 11.6 Å². The van der Waals surface area contributed by atoms with Gasteiger partial charge in [0.15, 0.2) is 5.16 Å². The summed E-state index contributed by atoms with van der Waals surface area (Å²) in [5.74, 6) is 0.449. The molecule has 0 saturated carbocycles. The zero-order valence-electron chi connectivity index (χ0n) is 11.4. The first-order chi connectivity index (χ1) is 10.1. The van der Waals surface area contributed by atoms with E-state index in [0.29, 0.717) is 17.5 Å². The number of aromatic carboxylic acids is 1. The molecular weight excluding hydrogens is 294 g/mol. The number of carboxylic acid groups (broad SMARTS) is 1. The lowest BCUT2D eigenvalue weighted by Gasteiger charge is -2.06. The highest BCUT2D eigenvalue weighted by atomic mass is 32.2. The van der Waals surface area contributed by atoms with E-state index in [9.17, 15) is 9.59 Å². The topological polar surface area (TPSA) is 97.2 Å². The number of benzene rings is 1. The number of H-pyrrole nitrogens is 1. The molecule has 0 unspecified atom stereocenters. The van der Waals surface area contributed by atoms with Crippen LogP contribution in [0.2, 0.25) is 0 Å². The number of aromatic amines is 1. The monoisotopic (exact) mass is 309 g/mol. The number of hydrogen-bond donors (Lipinski definition) is 2. The van der Waals surface area contributed by atoms with E-state index in [1.54, 1.807) is 19.2 Å². The van der Waals surface area contributed by atoms with Crippen LogP contribution in [-0.4, -0.2) is 38.2 Å². The molecule has 112 valence electrons. The van der Waals surface area contributed by atoms with Crippen molar-refractivity contribution in [3.05, 3.63) is 40.3 Å². The van der Waals surface area contributed by atoms with Gasteiger partial charge < -0.3 is 9.84 Å². The van der Waals surface area contributed by atoms with E-state index in [1.807, 2.05) is 0 Å². The number of carbonyl (C=O) groups is 1. The van der Waals surface area contributed by atoms with Crippen LogP contribution in [0.15, 0.2) is 34.2 Å². The molecule has 1 aromatic heterocycles. The van der Waals surface area contributed by atoms with Gasteiger partial charge in [-0.25, -0.2) is 14.7 Å². The van der Waals surface area contributed by atoms with Crippen LogP contribution in [0.1, 0.15) is 16.8 Å². The Labute approximate surface area is 124 Å². The van der Waals surface area contributed by atoms with Gasteiger partial charge in [0.1, 0.15) is 5.75 Å². The fourth-order valence-corrected chi connectivity index (χ4v) is 2.40. The average molecular weight is 309 g/mol. The van der Waals surface area contributed by atoms with Crippen molar-refractivity contribution in [2.75, 3.05) is 12.4 Å². The van der Waals surface area contributed by atoms with Crippen molar-refractivity contribution < 1.29 is 14.6 Å². The summed E-state index contributed by atoms with van der Waals surface area (Å²) in [5.41, 5.74) is 0.00428. The second-order valence-corrected chi connectivity index (χ2v) is 5.31. The average Bonchev–Trinajstić information content (AvgIpc) is 2.79. The largest absolute Gasteiger partial charge is 0.494 e. The molecular formula is C13H15N3O4S. The predicted octanol–water partition coefficient (Wildman–Crippen LogP) is 1.37. The summed E-state index contributed by atoms with van der Waals surface area (Å²) in [4.78, 5) is 21.9. The van der Waals surface area contributed by atoms with Gasteiger partial charge in [0.05, 0.1) is 12.2 Å². The van der Waals surface area contributed by atoms with Crippen molar-refractivity contribution in [3.8, 4) is 5.75 Å². The summed E-state index contributed by atoms with van der Waals surface area (Å²) in [6.07, 6.45) is 0.784. The third kappa shape index (κ3) is 4.12. The van der Waals surface area contributed by atoms with E-state index >= 15 is 0 Å². The number of aromatic nitrogens is 3. The molecule has 1 heterocycles. The number of ether oxygens (including phenoxy) is 1. The molecule has 1 aromatic carbocycles. The number of nitrogens with one attached hydrogen (secondary N) is 1. The standard InChI is InChI=1S/C13H15N3O4S/c1-16-12(19)14-15-13(16)21-8-2-7-20-10-5-3-9(4-6-10)11(17)18/h3-6H,2,7-8H2,1H3,(H,14,19)(H,17,18). The molecule has 0 aliphatic carbocycles. The van der Waals surface area contributed by atoms with Crippen molar-refractivity contribution in [2.24, 2.45) is 7.05 Å². The zero-order chi connectivity index (χ0) is 15.2. The molecule has 2 rings (SSSR count). The SMILES string of the molecule is Cn1c(SCCCOc2ccc(C(=O)O)cc2)n[nH]c1=O. The van der Waals surface area contributed by atoms with Gasteiger partial charge in [-0.2, -0.15) is 0 Å². The Hall–Kier alpha value is -2.22. The summed E-state index contributed by atoms with van der Waals surface area (Å²) < 4.78 is 6.97. The molecule has 0 spiro atoms. The number of rotatable bonds is 7. The van der Waals surface area contributed by atoms with Gasteiger partial charge >= 0.3 is 11.7 Å². The van der Waals surface area contributed by atoms with Crippen molar-refractivity contribution in [3.63, 3.8) is 0 Å². The van der Waals surface area contributed by atoms with Gasteiger partial charge in [0.2, 0.25) is 0 Å². The molecule has 7 nitrogen and oxygen atoms in total. The van der Waals surface area contributed by atoms with Crippen LogP contribution in [0.4, 0.5) is 0 Å². The first kappa shape index (κ1) is 15.2. The molecule has 21 heavy (non-hydrogen) atoms. The lowest BCUT2D eigenvalue weighted by molar-refractivity contribution is 0.0697. The number of hydrogen-bond acceptors (Lipinski definition) is 5. The van der Waals surface area contributed by atoms with Gasteiger partial charge in [0.25, 0.3) is 0 Å². The van der Waals surface area contributed by atoms with Crippen LogP contribution in [0.5, 0.6) is 5.75 Å². The maximum atomic E-state index is 11.2. The van der Waals surface area contributed by atoms with E-state index < -0.39 is 5.97 Å². The molecule has 0 bridgehead atoms. The molecule has 0 atom stereocenters. The van der Waals surface area contributed by atoms with E-state index in [0.717, 1.165) is 12.2 Å². The van der Waals surface area contributed by atoms with Gasteiger partial charge in [-0.1, -0.05) is 11.8 Å². The van der Waals surface area contributed by atoms with Crippen molar-refractivity contribution in [1.82, 2.24) is 14.8 Å². The van der Waals surface area contributed by atoms with Gasteiger partial charge in [-0.15, -0.1) is 5.10 Å². The Kier molecular flexibility index (Phi) is 5.04. The van der Waals surface area contributed by atoms with E-state index in [2.05, 4.69) is 10.2 Å². The van der Waals surface area contributed by atoms with Crippen molar-refractivity contribution >= 4 is 17.7 Å². The fraction of sp³-hybridized carbons (Fsp3) is 0.308. The van der Waals surface area contributed by atoms with Crippen LogP contribution in [-0.2, 0) is 7.05 Å². The first-order valence-corrected chi connectivity index (χ1v) is 7.27. The molecule has 0 fully saturated rings. The number of nitrogens with zero attached hydrogens (tertiary/aromatic N) is 2. The Morgan fingerprint density at radius 2 is 2.14 bits per heavy atom. The lowest BCUT2D eigenvalue weighted by Crippen LogP contribution is -2.13. The summed E-state index contributed by atoms with van der Waals surface area (Å²) in [7, 11) is 1.66. The maximum Gasteiger partial charge on any atom is 0.343 e. The van der Waals surface area contributed by atoms with Crippen LogP contribution < -0.4 is 10.4 Å². The Bertz CT molecular complexity index is 663. The van der Waals surface area contributed by atoms with Crippen LogP contribution in [0.3, 0.4) is 0 Å². The molecule has 0 radical (unpaired) electrons. The van der Waals surface area contributed by atoms with Gasteiger partial charge in [-0.05, 0) is 30.7 Å². The molecule has 2 aromatic rings. The third-order valence-corrected chi connectivity index (χ3v) is 3.84. The third-order valence-electron chi connectivity index (χ3n) is 2.73. The maximum absolute atomic E-state index is 11.2. The minimum Gasteiger partial charge on any atom is -0.494 e. The second-order valence-electron chi connectivity index (χ2n) is 4.25. The Morgan fingerprint density at radius 3 is 2.71 bits per heavy atom. The summed E-state index contributed by atoms with van der Waals surface area (Å²) in [5, 5.41) is 15.7. The highest BCUT2D eigenvalue weighted by Gasteiger charge is 2.04. The normalized spacial score (nSPS) is 10.5. The summed E-state index contributed by atoms with van der Waals surface area (Å²) >= 11 is 1.47. The lowest BCUT2D eigenvalue weighted by atomic mass is 10.2. The minimum atomic E-state index is -0.956. The van der Waals surface area contributed by atoms with Crippen LogP contribution in [0, 0.1) is 0 Å². The Balaban J connectivity index is 1.71. The molecule has 8 heteroatoms. The van der Waals surface area contributed by atoms with Crippen LogP contribution >= 0.6 is 11.8 Å². The first-order valence-electron chi connectivity index (χ1n) is 6.28. The molecule has 2 N–H and O–H groups in total. The highest BCUT2D eigenvalue weighted by Crippen LogP contribution is 2.15. The fourth-order valence-electron chi connectivity index (χ4n) is 1.57. The van der Waals surface area contributed by atoms with E-state index in [-0.39, 0.29) is 11.3 Å². The number of carboxylic acids is 1. The van der Waals surface area contributed by atoms with Crippen LogP contribution in [0.25, 0.3) is 0 Å². The molecule has 0 amide bonds. The predicted molar refractivity (Wildman–Crippen MR) is 78.1 cm³/mol. The quantitative estimate of drug-likeness (QED) is 0.592. The summed E-state index contributed by atoms with van der Waals surface area (Å²) in [6.45, 7) is 0.512. The smallest absolute Gasteiger partial charge is 0.343 e. The zero-order valence-corrected chi connectivity index (χ0v) is 12.2. The Morgan fingerprint density at radius 1 is 1.43 bits per heavy atom. The molecule has 0 aliphatic rings. The minimum absolute atomic E-state index is 0.229. The molecule has 0 saturated heterocycles. The summed E-state index contributed by atoms with van der Waals surface area (Å²) in [6, 6.07) is 6.28. The highest BCUT2D eigenvalue weighted by molar-refractivity contribution is 7.99. The van der Waals surface area contributed by atoms with E-state index in [1.165, 1.54) is 28.5 Å². The van der Waals surface area contributed by atoms with Gasteiger partial charge in [0, 0.05) is 12.8 Å². The van der Waals surface area contributed by atoms with E-state index in [4.69, 9.17) is 9.84 Å². The number of thioether (sulfide) groups is 1. The van der Waals surface area contributed by atoms with Gasteiger partial charge in [-0.3, -0.25) is 4.57 Å². The second kappa shape index (κ2) is 6.98. The molecule has 0 aliphatic heterocycles. The van der Waals surface area contributed by atoms with Crippen molar-refractivity contribution in [1.29, 1.82) is 0 Å².